The molecule has 6 rings (SSSR count). The molecule has 0 bridgehead atoms. The van der Waals surface area contributed by atoms with Crippen LogP contribution >= 0.6 is 0 Å². The molecule has 8 nitrogen and oxygen atoms in total. The predicted molar refractivity (Wildman–Crippen MR) is 181 cm³/mol. The number of amidine groups is 1. The highest BCUT2D eigenvalue weighted by Crippen LogP contribution is 2.27. The molecular weight excluding hydrogens is 560 g/mol. The van der Waals surface area contributed by atoms with Gasteiger partial charge in [-0.3, -0.25) is 10.2 Å². The van der Waals surface area contributed by atoms with Crippen molar-refractivity contribution in [1.82, 2.24) is 14.9 Å². The number of amides is 1. The SMILES string of the molecule is Cn1c(CCc2ccc(C(=N)N)cc2)nc2cc(N(Cc3cccc4ccccc34)C(=O)CNCc3ccc(O)cc3)ccc21. The van der Waals surface area contributed by atoms with E-state index in [1.165, 1.54) is 0 Å². The summed E-state index contributed by atoms with van der Waals surface area (Å²) in [5.41, 5.74) is 12.1. The molecule has 0 aliphatic heterocycles. The van der Waals surface area contributed by atoms with E-state index >= 15 is 0 Å². The zero-order valence-corrected chi connectivity index (χ0v) is 25.2. The van der Waals surface area contributed by atoms with Gasteiger partial charge in [0, 0.05) is 31.3 Å². The van der Waals surface area contributed by atoms with Crippen LogP contribution in [0.1, 0.15) is 28.1 Å². The number of nitrogens with two attached hydrogens (primary N) is 1. The number of phenolic OH excluding ortho intramolecular Hbond substituents is 1. The lowest BCUT2D eigenvalue weighted by Crippen LogP contribution is -2.37. The van der Waals surface area contributed by atoms with Crippen molar-refractivity contribution < 1.29 is 9.90 Å². The first-order chi connectivity index (χ1) is 21.9. The maximum atomic E-state index is 13.8. The second-order valence-corrected chi connectivity index (χ2v) is 11.3. The van der Waals surface area contributed by atoms with E-state index in [1.54, 1.807) is 12.1 Å². The van der Waals surface area contributed by atoms with Gasteiger partial charge in [0.25, 0.3) is 0 Å². The Morgan fingerprint density at radius 3 is 2.42 bits per heavy atom. The highest BCUT2D eigenvalue weighted by Gasteiger charge is 2.19. The second kappa shape index (κ2) is 13.0. The number of nitrogens with zero attached hydrogens (tertiary/aromatic N) is 3. The Labute approximate surface area is 262 Å². The molecule has 0 aliphatic rings. The van der Waals surface area contributed by atoms with E-state index in [0.29, 0.717) is 18.7 Å². The molecule has 0 aliphatic carbocycles. The van der Waals surface area contributed by atoms with Gasteiger partial charge in [0.2, 0.25) is 5.91 Å². The molecule has 8 heteroatoms. The minimum Gasteiger partial charge on any atom is -0.508 e. The molecule has 1 aromatic heterocycles. The van der Waals surface area contributed by atoms with E-state index in [0.717, 1.165) is 62.8 Å². The number of carbonyl (C=O) groups is 1. The number of fused-ring (bicyclic) bond motifs is 2. The average molecular weight is 597 g/mol. The first kappa shape index (κ1) is 29.6. The molecule has 0 atom stereocenters. The number of carbonyl (C=O) groups excluding carboxylic acids is 1. The molecule has 45 heavy (non-hydrogen) atoms. The first-order valence-electron chi connectivity index (χ1n) is 15.0. The molecule has 0 spiro atoms. The number of phenols is 1. The van der Waals surface area contributed by atoms with E-state index in [1.807, 2.05) is 84.7 Å². The van der Waals surface area contributed by atoms with Gasteiger partial charge in [0.1, 0.15) is 17.4 Å². The van der Waals surface area contributed by atoms with Gasteiger partial charge in [-0.15, -0.1) is 0 Å². The summed E-state index contributed by atoms with van der Waals surface area (Å²) in [5, 5.41) is 22.7. The van der Waals surface area contributed by atoms with Gasteiger partial charge in [-0.25, -0.2) is 4.98 Å². The summed E-state index contributed by atoms with van der Waals surface area (Å²) in [5.74, 6) is 1.19. The van der Waals surface area contributed by atoms with Crippen molar-refractivity contribution in [2.24, 2.45) is 12.8 Å². The summed E-state index contributed by atoms with van der Waals surface area (Å²) < 4.78 is 2.11. The lowest BCUT2D eigenvalue weighted by molar-refractivity contribution is -0.118. The van der Waals surface area contributed by atoms with Crippen LogP contribution in [0, 0.1) is 5.41 Å². The number of aromatic hydroxyl groups is 1. The standard InChI is InChI=1S/C37H36N6O2/c1-42-34-19-16-30(21-33(34)41-35(42)20-13-25-9-14-28(15-10-25)37(38)39)43(24-29-7-4-6-27-5-2-3-8-32(27)29)36(45)23-40-22-26-11-17-31(44)18-12-26/h2-12,14-19,21,40,44H,13,20,22-24H2,1H3,(H3,38,39). The van der Waals surface area contributed by atoms with Crippen LogP contribution < -0.4 is 16.0 Å². The van der Waals surface area contributed by atoms with Gasteiger partial charge in [-0.2, -0.15) is 0 Å². The maximum absolute atomic E-state index is 13.8. The van der Waals surface area contributed by atoms with Crippen molar-refractivity contribution in [2.45, 2.75) is 25.9 Å². The fourth-order valence-electron chi connectivity index (χ4n) is 5.68. The molecule has 1 amide bonds. The van der Waals surface area contributed by atoms with E-state index in [4.69, 9.17) is 16.1 Å². The highest BCUT2D eigenvalue weighted by atomic mass is 16.3. The summed E-state index contributed by atoms with van der Waals surface area (Å²) in [6.07, 6.45) is 1.56. The van der Waals surface area contributed by atoms with Crippen molar-refractivity contribution in [1.29, 1.82) is 5.41 Å². The van der Waals surface area contributed by atoms with E-state index in [-0.39, 0.29) is 24.0 Å². The first-order valence-corrected chi connectivity index (χ1v) is 15.0. The Bertz CT molecular complexity index is 1970. The van der Waals surface area contributed by atoms with Gasteiger partial charge < -0.3 is 25.6 Å². The lowest BCUT2D eigenvalue weighted by atomic mass is 10.0. The van der Waals surface area contributed by atoms with Gasteiger partial charge in [0.05, 0.1) is 24.1 Å². The zero-order chi connectivity index (χ0) is 31.3. The van der Waals surface area contributed by atoms with Crippen LogP contribution in [0.4, 0.5) is 5.69 Å². The van der Waals surface area contributed by atoms with Crippen molar-refractivity contribution >= 4 is 39.2 Å². The van der Waals surface area contributed by atoms with E-state index in [2.05, 4.69) is 34.1 Å². The van der Waals surface area contributed by atoms with Crippen LogP contribution in [0.3, 0.4) is 0 Å². The minimum atomic E-state index is -0.0498. The molecule has 0 saturated carbocycles. The highest BCUT2D eigenvalue weighted by molar-refractivity contribution is 5.97. The molecule has 0 unspecified atom stereocenters. The predicted octanol–water partition coefficient (Wildman–Crippen LogP) is 5.82. The second-order valence-electron chi connectivity index (χ2n) is 11.3. The van der Waals surface area contributed by atoms with Crippen molar-refractivity contribution in [3.05, 3.63) is 137 Å². The van der Waals surface area contributed by atoms with Crippen molar-refractivity contribution in [2.75, 3.05) is 11.4 Å². The Hall–Kier alpha value is -5.47. The van der Waals surface area contributed by atoms with E-state index < -0.39 is 0 Å². The smallest absolute Gasteiger partial charge is 0.241 e. The topological polar surface area (TPSA) is 120 Å². The van der Waals surface area contributed by atoms with Crippen molar-refractivity contribution in [3.8, 4) is 5.75 Å². The number of nitrogens with one attached hydrogen (secondary N) is 2. The number of anilines is 1. The third-order valence-corrected chi connectivity index (χ3v) is 8.22. The van der Waals surface area contributed by atoms with Gasteiger partial charge in [-0.1, -0.05) is 78.9 Å². The Morgan fingerprint density at radius 1 is 0.911 bits per heavy atom. The number of rotatable bonds is 11. The number of imidazole rings is 1. The fraction of sp³-hybridized carbons (Fsp3) is 0.162. The number of nitrogen functional groups attached to an aromatic ring is 1. The Kier molecular flexibility index (Phi) is 8.57. The fourth-order valence-corrected chi connectivity index (χ4v) is 5.68. The molecule has 1 heterocycles. The minimum absolute atomic E-state index is 0.0498. The summed E-state index contributed by atoms with van der Waals surface area (Å²) in [4.78, 5) is 20.6. The summed E-state index contributed by atoms with van der Waals surface area (Å²) >= 11 is 0. The molecule has 6 aromatic rings. The van der Waals surface area contributed by atoms with Gasteiger partial charge >= 0.3 is 0 Å². The van der Waals surface area contributed by atoms with E-state index in [9.17, 15) is 9.90 Å². The van der Waals surface area contributed by atoms with Gasteiger partial charge in [0.15, 0.2) is 0 Å². The van der Waals surface area contributed by atoms with Gasteiger partial charge in [-0.05, 0) is 64.2 Å². The summed E-state index contributed by atoms with van der Waals surface area (Å²) in [6, 6.07) is 35.2. The number of hydrogen-bond donors (Lipinski definition) is 4. The maximum Gasteiger partial charge on any atom is 0.241 e. The number of aryl methyl sites for hydroxylation is 3. The number of benzene rings is 5. The molecule has 226 valence electrons. The lowest BCUT2D eigenvalue weighted by Gasteiger charge is -2.24. The van der Waals surface area contributed by atoms with Crippen LogP contribution in [-0.4, -0.2) is 32.9 Å². The molecule has 0 fully saturated rings. The monoisotopic (exact) mass is 596 g/mol. The quantitative estimate of drug-likeness (QED) is 0.111. The molecular formula is C37H36N6O2. The van der Waals surface area contributed by atoms with Crippen LogP contribution in [0.15, 0.2) is 109 Å². The number of aromatic nitrogens is 2. The zero-order valence-electron chi connectivity index (χ0n) is 25.2. The summed E-state index contributed by atoms with van der Waals surface area (Å²) in [7, 11) is 2.02. The third kappa shape index (κ3) is 6.71. The van der Waals surface area contributed by atoms with Crippen LogP contribution in [-0.2, 0) is 37.8 Å². The van der Waals surface area contributed by atoms with Crippen LogP contribution in [0.5, 0.6) is 5.75 Å². The number of hydrogen-bond acceptors (Lipinski definition) is 5. The average Bonchev–Trinajstić information content (AvgIpc) is 3.37. The normalized spacial score (nSPS) is 11.2. The third-order valence-electron chi connectivity index (χ3n) is 8.22. The molecule has 0 radical (unpaired) electrons. The molecule has 5 aromatic carbocycles. The largest absolute Gasteiger partial charge is 0.508 e. The Balaban J connectivity index is 1.25. The van der Waals surface area contributed by atoms with Crippen LogP contribution in [0.2, 0.25) is 0 Å². The molecule has 5 N–H and O–H groups in total. The van der Waals surface area contributed by atoms with Crippen LogP contribution in [0.25, 0.3) is 21.8 Å². The Morgan fingerprint density at radius 2 is 1.64 bits per heavy atom. The van der Waals surface area contributed by atoms with Crippen molar-refractivity contribution in [3.63, 3.8) is 0 Å². The summed E-state index contributed by atoms with van der Waals surface area (Å²) in [6.45, 7) is 1.08. The molecule has 0 saturated heterocycles.